The molecule has 0 aliphatic heterocycles. The van der Waals surface area contributed by atoms with Crippen molar-refractivity contribution in [2.45, 2.75) is 11.1 Å². The predicted molar refractivity (Wildman–Crippen MR) is 101 cm³/mol. The number of halogens is 4. The van der Waals surface area contributed by atoms with Gasteiger partial charge in [-0.3, -0.25) is 0 Å². The van der Waals surface area contributed by atoms with Crippen molar-refractivity contribution in [3.8, 4) is 5.75 Å². The molecule has 0 fully saturated rings. The Labute approximate surface area is 170 Å². The lowest BCUT2D eigenvalue weighted by atomic mass is 10.1. The van der Waals surface area contributed by atoms with Gasteiger partial charge in [0.05, 0.1) is 34.4 Å². The quantitative estimate of drug-likeness (QED) is 0.133. The molecule has 3 rings (SSSR count). The second-order valence-corrected chi connectivity index (χ2v) is 6.84. The summed E-state index contributed by atoms with van der Waals surface area (Å²) < 4.78 is 44.0. The van der Waals surface area contributed by atoms with Gasteiger partial charge < -0.3 is 10.8 Å². The topological polar surface area (TPSA) is 110 Å². The van der Waals surface area contributed by atoms with E-state index in [9.17, 15) is 18.3 Å². The van der Waals surface area contributed by atoms with Crippen LogP contribution in [0.4, 0.5) is 30.2 Å². The van der Waals surface area contributed by atoms with Gasteiger partial charge in [0, 0.05) is 9.92 Å². The van der Waals surface area contributed by atoms with E-state index in [1.165, 1.54) is 18.2 Å². The number of benzene rings is 3. The van der Waals surface area contributed by atoms with E-state index in [4.69, 9.17) is 22.6 Å². The summed E-state index contributed by atoms with van der Waals surface area (Å²) in [6.45, 7) is 0. The molecule has 0 aliphatic carbocycles. The molecule has 12 heteroatoms. The van der Waals surface area contributed by atoms with Crippen LogP contribution in [-0.4, -0.2) is 10.4 Å². The minimum absolute atomic E-state index is 0.0149. The van der Waals surface area contributed by atoms with E-state index in [2.05, 4.69) is 19.6 Å². The fourth-order valence-electron chi connectivity index (χ4n) is 2.55. The van der Waals surface area contributed by atoms with Crippen LogP contribution in [0, 0.1) is 0 Å². The number of hydrogen-bond acceptors (Lipinski definition) is 8. The van der Waals surface area contributed by atoms with Crippen LogP contribution in [0.1, 0.15) is 5.56 Å². The number of nitrogen functional groups attached to an aromatic ring is 1. The number of aromatic hydroxyl groups is 1. The predicted octanol–water partition coefficient (Wildman–Crippen LogP) is 6.64. The number of nitrogens with two attached hydrogens (primary N) is 1. The smallest absolute Gasteiger partial charge is 0.418 e. The van der Waals surface area contributed by atoms with Gasteiger partial charge in [0.2, 0.25) is 0 Å². The molecule has 0 unspecified atom stereocenters. The Morgan fingerprint density at radius 1 is 1.07 bits per heavy atom. The average molecular weight is 446 g/mol. The zero-order valence-electron chi connectivity index (χ0n) is 14.1. The fraction of sp³-hybridized carbons (Fsp3) is 0.0588. The Balaban J connectivity index is 2.10. The van der Waals surface area contributed by atoms with Crippen molar-refractivity contribution >= 4 is 51.5 Å². The number of fused-ring (bicyclic) bond motifs is 1. The van der Waals surface area contributed by atoms with Gasteiger partial charge in [-0.05, 0) is 41.8 Å². The largest absolute Gasteiger partial charge is 0.507 e. The minimum Gasteiger partial charge on any atom is -0.507 e. The van der Waals surface area contributed by atoms with Crippen molar-refractivity contribution in [2.75, 3.05) is 5.73 Å². The van der Waals surface area contributed by atoms with Crippen LogP contribution in [-0.2, 0) is 15.5 Å². The summed E-state index contributed by atoms with van der Waals surface area (Å²) in [5, 5.41) is 30.1. The van der Waals surface area contributed by atoms with Gasteiger partial charge in [0.25, 0.3) is 0 Å². The summed E-state index contributed by atoms with van der Waals surface area (Å²) in [5.74, 6) is -0.278. The molecule has 0 bridgehead atoms. The van der Waals surface area contributed by atoms with Crippen LogP contribution < -0.4 is 5.73 Å². The molecular formula is C17H11ClF3N3O4S. The number of azo groups is 1. The third kappa shape index (κ3) is 4.71. The van der Waals surface area contributed by atoms with Crippen molar-refractivity contribution in [2.24, 2.45) is 10.2 Å². The first kappa shape index (κ1) is 21.1. The molecule has 0 amide bonds. The van der Waals surface area contributed by atoms with Gasteiger partial charge in [-0.1, -0.05) is 22.7 Å². The van der Waals surface area contributed by atoms with E-state index in [-0.39, 0.29) is 27.5 Å². The number of hydrogen-bond donors (Lipinski definition) is 3. The lowest BCUT2D eigenvalue weighted by Crippen LogP contribution is -2.04. The highest BCUT2D eigenvalue weighted by molar-refractivity contribution is 7.94. The zero-order valence-corrected chi connectivity index (χ0v) is 15.7. The maximum atomic E-state index is 13.2. The molecule has 3 aromatic rings. The molecule has 0 atom stereocenters. The first-order valence-corrected chi connectivity index (χ1v) is 8.81. The van der Waals surface area contributed by atoms with Crippen LogP contribution in [0.3, 0.4) is 0 Å². The Kier molecular flexibility index (Phi) is 6.15. The summed E-state index contributed by atoms with van der Waals surface area (Å²) >= 11 is 6.27. The molecule has 3 aromatic carbocycles. The first-order valence-electron chi connectivity index (χ1n) is 7.69. The summed E-state index contributed by atoms with van der Waals surface area (Å²) in [7, 11) is 0. The number of phenolic OH excluding ortho intramolecular Hbond substituents is 1. The van der Waals surface area contributed by atoms with Crippen LogP contribution in [0.2, 0.25) is 5.02 Å². The van der Waals surface area contributed by atoms with Gasteiger partial charge in [-0.25, -0.2) is 5.26 Å². The van der Waals surface area contributed by atoms with Gasteiger partial charge >= 0.3 is 6.18 Å². The normalized spacial score (nSPS) is 12.2. The van der Waals surface area contributed by atoms with Gasteiger partial charge in [0.15, 0.2) is 0 Å². The van der Waals surface area contributed by atoms with Crippen molar-refractivity contribution in [3.63, 3.8) is 0 Å². The summed E-state index contributed by atoms with van der Waals surface area (Å²) in [6.07, 6.45) is -4.69. The van der Waals surface area contributed by atoms with Crippen LogP contribution >= 0.6 is 23.6 Å². The number of alkyl halides is 3. The maximum Gasteiger partial charge on any atom is 0.418 e. The molecule has 0 heterocycles. The van der Waals surface area contributed by atoms with E-state index in [0.29, 0.717) is 22.3 Å². The highest BCUT2D eigenvalue weighted by atomic mass is 35.5. The molecule has 0 radical (unpaired) electrons. The Morgan fingerprint density at radius 3 is 2.52 bits per heavy atom. The number of phenols is 1. The Hall–Kier alpha value is -2.57. The monoisotopic (exact) mass is 445 g/mol. The molecule has 0 saturated carbocycles. The molecule has 4 N–H and O–H groups in total. The van der Waals surface area contributed by atoms with Crippen molar-refractivity contribution < 1.29 is 32.9 Å². The lowest BCUT2D eigenvalue weighted by Gasteiger charge is -2.11. The van der Waals surface area contributed by atoms with Crippen molar-refractivity contribution in [3.05, 3.63) is 53.1 Å². The maximum absolute atomic E-state index is 13.2. The molecular weight excluding hydrogens is 435 g/mol. The third-order valence-corrected chi connectivity index (χ3v) is 4.55. The highest BCUT2D eigenvalue weighted by Gasteiger charge is 2.34. The van der Waals surface area contributed by atoms with E-state index in [0.717, 1.165) is 12.1 Å². The summed E-state index contributed by atoms with van der Waals surface area (Å²) in [4.78, 5) is 0.369. The minimum atomic E-state index is -4.69. The SMILES string of the molecule is Nc1ccc2cc(SOOO)cc(O)c2c1N=Nc1ccc(Cl)cc1C(F)(F)F. The highest BCUT2D eigenvalue weighted by Crippen LogP contribution is 2.43. The second kappa shape index (κ2) is 8.43. The van der Waals surface area contributed by atoms with Crippen molar-refractivity contribution in [1.82, 2.24) is 0 Å². The number of anilines is 1. The molecule has 0 saturated heterocycles. The molecule has 0 aromatic heterocycles. The lowest BCUT2D eigenvalue weighted by molar-refractivity contribution is -0.432. The second-order valence-electron chi connectivity index (χ2n) is 5.63. The van der Waals surface area contributed by atoms with E-state index < -0.39 is 17.4 Å². The van der Waals surface area contributed by atoms with Gasteiger partial charge in [-0.2, -0.15) is 13.2 Å². The van der Waals surface area contributed by atoms with Crippen molar-refractivity contribution in [1.29, 1.82) is 0 Å². The Morgan fingerprint density at radius 2 is 1.83 bits per heavy atom. The van der Waals surface area contributed by atoms with Crippen LogP contribution in [0.5, 0.6) is 5.75 Å². The number of rotatable bonds is 5. The first-order chi connectivity index (χ1) is 13.7. The molecule has 7 nitrogen and oxygen atoms in total. The fourth-order valence-corrected chi connectivity index (χ4v) is 3.17. The van der Waals surface area contributed by atoms with E-state index >= 15 is 0 Å². The van der Waals surface area contributed by atoms with Crippen LogP contribution in [0.15, 0.2) is 57.6 Å². The van der Waals surface area contributed by atoms with E-state index in [1.807, 2.05) is 0 Å². The average Bonchev–Trinajstić information content (AvgIpc) is 2.65. The summed E-state index contributed by atoms with van der Waals surface area (Å²) in [6, 6.07) is 8.93. The van der Waals surface area contributed by atoms with Crippen LogP contribution in [0.25, 0.3) is 10.8 Å². The summed E-state index contributed by atoms with van der Waals surface area (Å²) in [5.41, 5.74) is 4.45. The van der Waals surface area contributed by atoms with Gasteiger partial charge in [0.1, 0.15) is 11.4 Å². The van der Waals surface area contributed by atoms with Gasteiger partial charge in [-0.15, -0.1) is 14.6 Å². The zero-order chi connectivity index (χ0) is 21.2. The molecule has 0 aliphatic rings. The third-order valence-electron chi connectivity index (χ3n) is 3.76. The standard InChI is InChI=1S/C17H11ClF3N3O4S/c18-9-2-4-13(11(6-9)17(19,20)21)23-24-16-12(22)3-1-8-5-10(29-28-27-26)7-14(25)15(8)16/h1-7,25-26H,22H2. The Bertz CT molecular complexity index is 1100. The molecule has 0 spiro atoms. The number of nitrogens with zero attached hydrogens (tertiary/aromatic N) is 2. The van der Waals surface area contributed by atoms with E-state index in [1.54, 1.807) is 12.1 Å². The molecule has 29 heavy (non-hydrogen) atoms. The molecule has 152 valence electrons.